The summed E-state index contributed by atoms with van der Waals surface area (Å²) in [6.07, 6.45) is 7.48. The zero-order chi connectivity index (χ0) is 14.8. The Morgan fingerprint density at radius 2 is 1.70 bits per heavy atom. The fourth-order valence-electron chi connectivity index (χ4n) is 5.38. The molecular weight excluding hydrogens is 248 g/mol. The predicted octanol–water partition coefficient (Wildman–Crippen LogP) is 4.09. The van der Waals surface area contributed by atoms with Gasteiger partial charge in [0.1, 0.15) is 5.78 Å². The Morgan fingerprint density at radius 3 is 2.40 bits per heavy atom. The SMILES string of the molecule is CC1(C)C(=O)CC[C@@]2(C)C3=CC(=O)CC[C@@]3(C)CC[C@H]12. The number of fused-ring (bicyclic) bond motifs is 3. The first-order valence-electron chi connectivity index (χ1n) is 7.99. The van der Waals surface area contributed by atoms with E-state index < -0.39 is 0 Å². The van der Waals surface area contributed by atoms with Gasteiger partial charge in [0.2, 0.25) is 0 Å². The van der Waals surface area contributed by atoms with E-state index in [1.54, 1.807) is 0 Å². The highest BCUT2D eigenvalue weighted by Gasteiger charge is 2.58. The van der Waals surface area contributed by atoms with E-state index in [-0.39, 0.29) is 22.0 Å². The van der Waals surface area contributed by atoms with Crippen LogP contribution in [0.1, 0.15) is 66.2 Å². The van der Waals surface area contributed by atoms with Gasteiger partial charge in [-0.3, -0.25) is 9.59 Å². The normalized spacial score (nSPS) is 43.6. The molecule has 0 saturated heterocycles. The largest absolute Gasteiger partial charge is 0.299 e. The van der Waals surface area contributed by atoms with Gasteiger partial charge in [-0.05, 0) is 48.5 Å². The number of Topliss-reactive ketones (excluding diaryl/α,β-unsaturated/α-hetero) is 1. The van der Waals surface area contributed by atoms with E-state index in [9.17, 15) is 9.59 Å². The molecule has 3 rings (SSSR count). The van der Waals surface area contributed by atoms with Crippen molar-refractivity contribution in [3.05, 3.63) is 11.6 Å². The Hall–Kier alpha value is -0.920. The quantitative estimate of drug-likeness (QED) is 0.667. The summed E-state index contributed by atoms with van der Waals surface area (Å²) in [6, 6.07) is 0. The molecule has 2 fully saturated rings. The van der Waals surface area contributed by atoms with Gasteiger partial charge in [0.25, 0.3) is 0 Å². The van der Waals surface area contributed by atoms with E-state index in [0.717, 1.165) is 25.7 Å². The smallest absolute Gasteiger partial charge is 0.155 e. The molecule has 0 amide bonds. The van der Waals surface area contributed by atoms with Gasteiger partial charge < -0.3 is 0 Å². The molecule has 0 unspecified atom stereocenters. The summed E-state index contributed by atoms with van der Waals surface area (Å²) in [4.78, 5) is 24.3. The molecule has 3 aliphatic rings. The number of allylic oxidation sites excluding steroid dienone is 2. The number of hydrogen-bond acceptors (Lipinski definition) is 2. The summed E-state index contributed by atoms with van der Waals surface area (Å²) in [5.41, 5.74) is 1.35. The van der Waals surface area contributed by atoms with E-state index >= 15 is 0 Å². The monoisotopic (exact) mass is 274 g/mol. The van der Waals surface area contributed by atoms with E-state index in [1.165, 1.54) is 5.57 Å². The minimum Gasteiger partial charge on any atom is -0.299 e. The topological polar surface area (TPSA) is 34.1 Å². The van der Waals surface area contributed by atoms with Crippen molar-refractivity contribution in [1.29, 1.82) is 0 Å². The van der Waals surface area contributed by atoms with Crippen LogP contribution in [0.5, 0.6) is 0 Å². The average molecular weight is 274 g/mol. The lowest BCUT2D eigenvalue weighted by Gasteiger charge is -2.59. The fraction of sp³-hybridized carbons (Fsp3) is 0.778. The van der Waals surface area contributed by atoms with Crippen molar-refractivity contribution < 1.29 is 9.59 Å². The summed E-state index contributed by atoms with van der Waals surface area (Å²) < 4.78 is 0. The zero-order valence-electron chi connectivity index (χ0n) is 13.2. The second-order valence-corrected chi connectivity index (χ2v) is 8.24. The lowest BCUT2D eigenvalue weighted by Crippen LogP contribution is -2.54. The van der Waals surface area contributed by atoms with Crippen molar-refractivity contribution in [3.8, 4) is 0 Å². The van der Waals surface area contributed by atoms with E-state index in [0.29, 0.717) is 24.5 Å². The van der Waals surface area contributed by atoms with Crippen molar-refractivity contribution in [2.75, 3.05) is 0 Å². The third kappa shape index (κ3) is 1.69. The highest BCUT2D eigenvalue weighted by atomic mass is 16.1. The summed E-state index contributed by atoms with van der Waals surface area (Å²) in [5.74, 6) is 1.09. The summed E-state index contributed by atoms with van der Waals surface area (Å²) in [6.45, 7) is 8.88. The molecular formula is C18H26O2. The number of carbonyl (C=O) groups excluding carboxylic acids is 2. The van der Waals surface area contributed by atoms with Gasteiger partial charge in [0.15, 0.2) is 5.78 Å². The standard InChI is InChI=1S/C18H26O2/c1-16(2)13-6-9-17(3)8-5-12(19)11-14(17)18(13,4)10-7-15(16)20/h11,13H,5-10H2,1-4H3/t13-,17+,18-/m1/s1. The summed E-state index contributed by atoms with van der Waals surface area (Å²) >= 11 is 0. The molecule has 110 valence electrons. The molecule has 2 nitrogen and oxygen atoms in total. The molecule has 0 aromatic heterocycles. The van der Waals surface area contributed by atoms with Crippen LogP contribution in [0.4, 0.5) is 0 Å². The number of ketones is 2. The molecule has 0 N–H and O–H groups in total. The van der Waals surface area contributed by atoms with Crippen molar-refractivity contribution >= 4 is 11.6 Å². The maximum Gasteiger partial charge on any atom is 0.155 e. The van der Waals surface area contributed by atoms with Crippen LogP contribution in [-0.2, 0) is 9.59 Å². The number of carbonyl (C=O) groups is 2. The highest BCUT2D eigenvalue weighted by Crippen LogP contribution is 2.64. The first-order valence-corrected chi connectivity index (χ1v) is 7.99. The lowest BCUT2D eigenvalue weighted by atomic mass is 9.44. The Kier molecular flexibility index (Phi) is 2.84. The molecule has 0 aromatic rings. The molecule has 2 heteroatoms. The van der Waals surface area contributed by atoms with Crippen LogP contribution in [0.3, 0.4) is 0 Å². The van der Waals surface area contributed by atoms with Crippen molar-refractivity contribution in [2.24, 2.45) is 22.2 Å². The van der Waals surface area contributed by atoms with E-state index in [1.807, 2.05) is 6.08 Å². The van der Waals surface area contributed by atoms with Crippen molar-refractivity contribution in [1.82, 2.24) is 0 Å². The van der Waals surface area contributed by atoms with Gasteiger partial charge in [-0.2, -0.15) is 0 Å². The second kappa shape index (κ2) is 4.05. The Bertz CT molecular complexity index is 514. The molecule has 0 radical (unpaired) electrons. The molecule has 3 aliphatic carbocycles. The average Bonchev–Trinajstić information content (AvgIpc) is 2.37. The molecule has 0 spiro atoms. The minimum atomic E-state index is -0.240. The number of hydrogen-bond donors (Lipinski definition) is 0. The van der Waals surface area contributed by atoms with Gasteiger partial charge >= 0.3 is 0 Å². The third-order valence-corrected chi connectivity index (χ3v) is 6.71. The first kappa shape index (κ1) is 14.0. The van der Waals surface area contributed by atoms with Crippen LogP contribution >= 0.6 is 0 Å². The van der Waals surface area contributed by atoms with Crippen LogP contribution in [0, 0.1) is 22.2 Å². The molecule has 3 atom stereocenters. The fourth-order valence-corrected chi connectivity index (χ4v) is 5.38. The molecule has 2 saturated carbocycles. The number of rotatable bonds is 0. The third-order valence-electron chi connectivity index (χ3n) is 6.71. The van der Waals surface area contributed by atoms with E-state index in [2.05, 4.69) is 27.7 Å². The molecule has 0 heterocycles. The van der Waals surface area contributed by atoms with Gasteiger partial charge in [-0.25, -0.2) is 0 Å². The molecule has 20 heavy (non-hydrogen) atoms. The predicted molar refractivity (Wildman–Crippen MR) is 79.3 cm³/mol. The Labute approximate surface area is 122 Å². The van der Waals surface area contributed by atoms with Crippen LogP contribution in [0.2, 0.25) is 0 Å². The van der Waals surface area contributed by atoms with Crippen molar-refractivity contribution in [2.45, 2.75) is 66.2 Å². The highest BCUT2D eigenvalue weighted by molar-refractivity contribution is 5.92. The summed E-state index contributed by atoms with van der Waals surface area (Å²) in [5, 5.41) is 0. The van der Waals surface area contributed by atoms with Gasteiger partial charge in [0.05, 0.1) is 0 Å². The van der Waals surface area contributed by atoms with Crippen LogP contribution in [-0.4, -0.2) is 11.6 Å². The maximum absolute atomic E-state index is 12.3. The van der Waals surface area contributed by atoms with Crippen LogP contribution in [0.25, 0.3) is 0 Å². The second-order valence-electron chi connectivity index (χ2n) is 8.24. The Morgan fingerprint density at radius 1 is 1.00 bits per heavy atom. The van der Waals surface area contributed by atoms with Gasteiger partial charge in [-0.15, -0.1) is 0 Å². The lowest BCUT2D eigenvalue weighted by molar-refractivity contribution is -0.141. The first-order chi connectivity index (χ1) is 9.20. The van der Waals surface area contributed by atoms with Crippen LogP contribution in [0.15, 0.2) is 11.6 Å². The Balaban J connectivity index is 2.11. The molecule has 0 aromatic carbocycles. The molecule has 0 bridgehead atoms. The van der Waals surface area contributed by atoms with Crippen LogP contribution < -0.4 is 0 Å². The van der Waals surface area contributed by atoms with Crippen molar-refractivity contribution in [3.63, 3.8) is 0 Å². The van der Waals surface area contributed by atoms with Gasteiger partial charge in [0, 0.05) is 18.3 Å². The minimum absolute atomic E-state index is 0.0422. The van der Waals surface area contributed by atoms with Gasteiger partial charge in [-0.1, -0.05) is 33.3 Å². The van der Waals surface area contributed by atoms with E-state index in [4.69, 9.17) is 0 Å². The molecule has 0 aliphatic heterocycles. The maximum atomic E-state index is 12.3. The zero-order valence-corrected chi connectivity index (χ0v) is 13.2. The summed E-state index contributed by atoms with van der Waals surface area (Å²) in [7, 11) is 0.